The summed E-state index contributed by atoms with van der Waals surface area (Å²) in [5.41, 5.74) is 1.65. The van der Waals surface area contributed by atoms with Crippen LogP contribution < -0.4 is 10.6 Å². The molecule has 116 valence electrons. The van der Waals surface area contributed by atoms with Crippen molar-refractivity contribution in [3.8, 4) is 0 Å². The highest BCUT2D eigenvalue weighted by Gasteiger charge is 2.33. The van der Waals surface area contributed by atoms with Crippen molar-refractivity contribution < 1.29 is 9.90 Å². The third-order valence-electron chi connectivity index (χ3n) is 4.44. The highest BCUT2D eigenvalue weighted by molar-refractivity contribution is 5.89. The van der Waals surface area contributed by atoms with Gasteiger partial charge in [0.15, 0.2) is 0 Å². The van der Waals surface area contributed by atoms with Gasteiger partial charge < -0.3 is 15.7 Å². The molecule has 4 heteroatoms. The van der Waals surface area contributed by atoms with Crippen LogP contribution in [-0.2, 0) is 0 Å². The first-order valence-corrected chi connectivity index (χ1v) is 7.74. The van der Waals surface area contributed by atoms with E-state index in [-0.39, 0.29) is 17.5 Å². The number of nitrogens with one attached hydrogen (secondary N) is 2. The minimum absolute atomic E-state index is 0.150. The molecule has 0 radical (unpaired) electrons. The van der Waals surface area contributed by atoms with Gasteiger partial charge in [-0.2, -0.15) is 0 Å². The zero-order valence-electron chi connectivity index (χ0n) is 13.1. The fourth-order valence-corrected chi connectivity index (χ4v) is 2.96. The smallest absolute Gasteiger partial charge is 0.319 e. The summed E-state index contributed by atoms with van der Waals surface area (Å²) in [7, 11) is 0. The molecule has 2 rings (SSSR count). The molecule has 3 N–H and O–H groups in total. The van der Waals surface area contributed by atoms with Gasteiger partial charge in [0.2, 0.25) is 0 Å². The maximum Gasteiger partial charge on any atom is 0.319 e. The van der Waals surface area contributed by atoms with E-state index in [9.17, 15) is 9.90 Å². The van der Waals surface area contributed by atoms with E-state index in [1.54, 1.807) is 13.0 Å². The zero-order valence-corrected chi connectivity index (χ0v) is 13.1. The van der Waals surface area contributed by atoms with E-state index < -0.39 is 6.10 Å². The highest BCUT2D eigenvalue weighted by Crippen LogP contribution is 2.35. The van der Waals surface area contributed by atoms with Crippen LogP contribution in [0.1, 0.15) is 58.1 Å². The summed E-state index contributed by atoms with van der Waals surface area (Å²) in [6.45, 7) is 6.14. The van der Waals surface area contributed by atoms with Crippen molar-refractivity contribution in [3.63, 3.8) is 0 Å². The number of urea groups is 1. The molecule has 1 aliphatic carbocycles. The Morgan fingerprint density at radius 1 is 1.38 bits per heavy atom. The average molecular weight is 290 g/mol. The Labute approximate surface area is 126 Å². The molecular formula is C17H26N2O2. The van der Waals surface area contributed by atoms with Gasteiger partial charge in [-0.3, -0.25) is 0 Å². The lowest BCUT2D eigenvalue weighted by Crippen LogP contribution is -2.48. The number of anilines is 1. The van der Waals surface area contributed by atoms with Crippen molar-refractivity contribution in [2.75, 3.05) is 5.32 Å². The molecule has 1 aromatic rings. The normalized spacial score (nSPS) is 22.4. The summed E-state index contributed by atoms with van der Waals surface area (Å²) in [6, 6.07) is 7.36. The monoisotopic (exact) mass is 290 g/mol. The SMILES string of the molecule is CC(O)c1cccc(NC(=O)NC2CCCCC2(C)C)c1. The van der Waals surface area contributed by atoms with Crippen LogP contribution in [-0.4, -0.2) is 17.2 Å². The summed E-state index contributed by atoms with van der Waals surface area (Å²) in [4.78, 5) is 12.2. The zero-order chi connectivity index (χ0) is 15.5. The van der Waals surface area contributed by atoms with Crippen LogP contribution in [0.25, 0.3) is 0 Å². The molecule has 21 heavy (non-hydrogen) atoms. The summed E-state index contributed by atoms with van der Waals surface area (Å²) in [6.07, 6.45) is 4.06. The van der Waals surface area contributed by atoms with Crippen molar-refractivity contribution >= 4 is 11.7 Å². The van der Waals surface area contributed by atoms with E-state index in [2.05, 4.69) is 24.5 Å². The van der Waals surface area contributed by atoms with Gasteiger partial charge in [0, 0.05) is 11.7 Å². The summed E-state index contributed by atoms with van der Waals surface area (Å²) in [5, 5.41) is 15.5. The summed E-state index contributed by atoms with van der Waals surface area (Å²) in [5.74, 6) is 0. The predicted molar refractivity (Wildman–Crippen MR) is 85.3 cm³/mol. The maximum absolute atomic E-state index is 12.2. The predicted octanol–water partition coefficient (Wildman–Crippen LogP) is 3.83. The Kier molecular flexibility index (Phi) is 4.88. The van der Waals surface area contributed by atoms with E-state index in [1.807, 2.05) is 18.2 Å². The first-order valence-electron chi connectivity index (χ1n) is 7.74. The van der Waals surface area contributed by atoms with E-state index in [0.29, 0.717) is 5.69 Å². The third-order valence-corrected chi connectivity index (χ3v) is 4.44. The van der Waals surface area contributed by atoms with Gasteiger partial charge in [-0.15, -0.1) is 0 Å². The van der Waals surface area contributed by atoms with Crippen molar-refractivity contribution in [3.05, 3.63) is 29.8 Å². The average Bonchev–Trinajstić information content (AvgIpc) is 2.41. The highest BCUT2D eigenvalue weighted by atomic mass is 16.3. The number of aliphatic hydroxyl groups is 1. The second kappa shape index (κ2) is 6.48. The molecule has 0 saturated heterocycles. The van der Waals surface area contributed by atoms with Crippen LogP contribution in [0.2, 0.25) is 0 Å². The van der Waals surface area contributed by atoms with Crippen molar-refractivity contribution in [2.45, 2.75) is 58.6 Å². The van der Waals surface area contributed by atoms with Crippen LogP contribution >= 0.6 is 0 Å². The molecule has 2 atom stereocenters. The Balaban J connectivity index is 1.97. The van der Waals surface area contributed by atoms with Gasteiger partial charge in [0.25, 0.3) is 0 Å². The minimum atomic E-state index is -0.535. The van der Waals surface area contributed by atoms with E-state index in [0.717, 1.165) is 18.4 Å². The van der Waals surface area contributed by atoms with Crippen molar-refractivity contribution in [1.82, 2.24) is 5.32 Å². The first kappa shape index (κ1) is 15.8. The van der Waals surface area contributed by atoms with Gasteiger partial charge >= 0.3 is 6.03 Å². The molecule has 1 saturated carbocycles. The summed E-state index contributed by atoms with van der Waals surface area (Å²) < 4.78 is 0. The van der Waals surface area contributed by atoms with Crippen LogP contribution in [0, 0.1) is 5.41 Å². The van der Waals surface area contributed by atoms with Crippen LogP contribution in [0.5, 0.6) is 0 Å². The molecule has 0 aromatic heterocycles. The summed E-state index contributed by atoms with van der Waals surface area (Å²) >= 11 is 0. The Hall–Kier alpha value is -1.55. The molecule has 0 aliphatic heterocycles. The minimum Gasteiger partial charge on any atom is -0.389 e. The molecule has 4 nitrogen and oxygen atoms in total. The quantitative estimate of drug-likeness (QED) is 0.792. The molecule has 0 bridgehead atoms. The van der Waals surface area contributed by atoms with E-state index >= 15 is 0 Å². The maximum atomic E-state index is 12.2. The standard InChI is InChI=1S/C17H26N2O2/c1-12(20)13-7-6-8-14(11-13)18-16(21)19-15-9-4-5-10-17(15,2)3/h6-8,11-12,15,20H,4-5,9-10H2,1-3H3,(H2,18,19,21). The number of hydrogen-bond donors (Lipinski definition) is 3. The van der Waals surface area contributed by atoms with Crippen molar-refractivity contribution in [2.24, 2.45) is 5.41 Å². The topological polar surface area (TPSA) is 61.4 Å². The van der Waals surface area contributed by atoms with E-state index in [1.165, 1.54) is 12.8 Å². The van der Waals surface area contributed by atoms with Gasteiger partial charge in [-0.25, -0.2) is 4.79 Å². The van der Waals surface area contributed by atoms with E-state index in [4.69, 9.17) is 0 Å². The second-order valence-corrected chi connectivity index (χ2v) is 6.69. The Morgan fingerprint density at radius 3 is 2.81 bits per heavy atom. The number of aliphatic hydroxyl groups excluding tert-OH is 1. The largest absolute Gasteiger partial charge is 0.389 e. The third kappa shape index (κ3) is 4.21. The fourth-order valence-electron chi connectivity index (χ4n) is 2.96. The number of rotatable bonds is 3. The number of benzene rings is 1. The molecule has 0 heterocycles. The molecule has 2 amide bonds. The lowest BCUT2D eigenvalue weighted by Gasteiger charge is -2.38. The van der Waals surface area contributed by atoms with Gasteiger partial charge in [0.1, 0.15) is 0 Å². The van der Waals surface area contributed by atoms with Gasteiger partial charge in [-0.1, -0.05) is 38.8 Å². The molecular weight excluding hydrogens is 264 g/mol. The second-order valence-electron chi connectivity index (χ2n) is 6.69. The number of hydrogen-bond acceptors (Lipinski definition) is 2. The van der Waals surface area contributed by atoms with Crippen molar-refractivity contribution in [1.29, 1.82) is 0 Å². The van der Waals surface area contributed by atoms with Gasteiger partial charge in [0.05, 0.1) is 6.10 Å². The molecule has 2 unspecified atom stereocenters. The number of carbonyl (C=O) groups excluding carboxylic acids is 1. The number of carbonyl (C=O) groups is 1. The van der Waals surface area contributed by atoms with Crippen LogP contribution in [0.3, 0.4) is 0 Å². The molecule has 1 aliphatic rings. The Bertz CT molecular complexity index is 497. The lowest BCUT2D eigenvalue weighted by atomic mass is 9.73. The van der Waals surface area contributed by atoms with Gasteiger partial charge in [-0.05, 0) is 42.9 Å². The number of amides is 2. The molecule has 1 fully saturated rings. The first-order chi connectivity index (χ1) is 9.88. The molecule has 1 aromatic carbocycles. The van der Waals surface area contributed by atoms with Crippen LogP contribution in [0.4, 0.5) is 10.5 Å². The van der Waals surface area contributed by atoms with Crippen LogP contribution in [0.15, 0.2) is 24.3 Å². The molecule has 0 spiro atoms. The Morgan fingerprint density at radius 2 is 2.14 bits per heavy atom. The fraction of sp³-hybridized carbons (Fsp3) is 0.588. The lowest BCUT2D eigenvalue weighted by molar-refractivity contribution is 0.170.